The Morgan fingerprint density at radius 1 is 0.579 bits per heavy atom. The molecule has 0 saturated carbocycles. The van der Waals surface area contributed by atoms with Gasteiger partial charge in [-0.1, -0.05) is 27.7 Å². The summed E-state index contributed by atoms with van der Waals surface area (Å²) in [5.74, 6) is 0. The van der Waals surface area contributed by atoms with Crippen molar-refractivity contribution in [2.24, 2.45) is 0 Å². The smallest absolute Gasteiger partial charge is 0.110 e. The van der Waals surface area contributed by atoms with Crippen LogP contribution in [-0.2, 0) is 0 Å². The first-order valence-electron chi connectivity index (χ1n) is 7.16. The monoisotopic (exact) mass is 278 g/mol. The Labute approximate surface area is 116 Å². The first-order valence-corrected chi connectivity index (χ1v) is 7.16. The Balaban J connectivity index is 4.91. The Kier molecular flexibility index (Phi) is 9.51. The van der Waals surface area contributed by atoms with Crippen LogP contribution in [0.15, 0.2) is 0 Å². The van der Waals surface area contributed by atoms with Crippen molar-refractivity contribution >= 4 is 0 Å². The van der Waals surface area contributed by atoms with Crippen LogP contribution in [0.5, 0.6) is 0 Å². The highest BCUT2D eigenvalue weighted by Crippen LogP contribution is 2.15. The van der Waals surface area contributed by atoms with Crippen LogP contribution >= 0.6 is 0 Å². The summed E-state index contributed by atoms with van der Waals surface area (Å²) in [6.07, 6.45) is -1.33. The van der Waals surface area contributed by atoms with Crippen LogP contribution < -0.4 is 0 Å². The van der Waals surface area contributed by atoms with Crippen LogP contribution in [0, 0.1) is 0 Å². The van der Waals surface area contributed by atoms with Crippen molar-refractivity contribution in [3.05, 3.63) is 0 Å². The van der Waals surface area contributed by atoms with Gasteiger partial charge in [-0.2, -0.15) is 0 Å². The van der Waals surface area contributed by atoms with Gasteiger partial charge in [-0.05, 0) is 25.7 Å². The van der Waals surface area contributed by atoms with E-state index in [1.54, 1.807) is 0 Å². The number of nitrogens with zero attached hydrogens (tertiary/aromatic N) is 2. The maximum atomic E-state index is 9.95. The summed E-state index contributed by atoms with van der Waals surface area (Å²) in [6, 6.07) is 0. The summed E-state index contributed by atoms with van der Waals surface area (Å²) in [4.78, 5) is 2.97. The van der Waals surface area contributed by atoms with Gasteiger partial charge in [0.1, 0.15) is 24.9 Å². The average Bonchev–Trinajstić information content (AvgIpc) is 2.45. The number of hydrogen-bond donors (Lipinski definition) is 4. The van der Waals surface area contributed by atoms with E-state index in [0.717, 1.165) is 0 Å². The molecule has 0 spiro atoms. The van der Waals surface area contributed by atoms with Gasteiger partial charge in [-0.3, -0.25) is 0 Å². The normalized spacial score (nSPS) is 18.6. The van der Waals surface area contributed by atoms with Gasteiger partial charge in [0.2, 0.25) is 0 Å². The predicted molar refractivity (Wildman–Crippen MR) is 73.7 cm³/mol. The molecule has 0 heterocycles. The third kappa shape index (κ3) is 5.72. The minimum Gasteiger partial charge on any atom is -0.378 e. The minimum atomic E-state index is -0.800. The van der Waals surface area contributed by atoms with E-state index in [4.69, 9.17) is 0 Å². The van der Waals surface area contributed by atoms with Gasteiger partial charge in [-0.15, -0.1) is 0 Å². The van der Waals surface area contributed by atoms with E-state index in [1.807, 2.05) is 27.7 Å². The fraction of sp³-hybridized carbons (Fsp3) is 1.00. The van der Waals surface area contributed by atoms with Crippen molar-refractivity contribution in [1.29, 1.82) is 0 Å². The standard InChI is InChI=1S/C13H30N2O4/c1-5-10(16)14(11(17)6-2)9-15(12(18)7-3)13(19)8-4/h10-13,16-19H,5-9H2,1-4H3. The molecule has 0 fully saturated rings. The maximum Gasteiger partial charge on any atom is 0.110 e. The SMILES string of the molecule is CCC(O)N(CN(C(O)CC)C(O)CC)C(O)CC. The van der Waals surface area contributed by atoms with E-state index in [1.165, 1.54) is 9.80 Å². The van der Waals surface area contributed by atoms with Crippen molar-refractivity contribution in [2.45, 2.75) is 78.3 Å². The molecule has 0 aromatic carbocycles. The molecule has 0 aliphatic heterocycles. The molecule has 0 rings (SSSR count). The van der Waals surface area contributed by atoms with Crippen LogP contribution in [-0.4, -0.2) is 61.8 Å². The summed E-state index contributed by atoms with van der Waals surface area (Å²) < 4.78 is 0. The van der Waals surface area contributed by atoms with E-state index in [9.17, 15) is 20.4 Å². The summed E-state index contributed by atoms with van der Waals surface area (Å²) >= 11 is 0. The van der Waals surface area contributed by atoms with E-state index in [-0.39, 0.29) is 6.67 Å². The second kappa shape index (κ2) is 9.63. The molecule has 0 aromatic rings. The van der Waals surface area contributed by atoms with Crippen LogP contribution in [0.4, 0.5) is 0 Å². The van der Waals surface area contributed by atoms with E-state index in [0.29, 0.717) is 25.7 Å². The van der Waals surface area contributed by atoms with Crippen LogP contribution in [0.3, 0.4) is 0 Å². The van der Waals surface area contributed by atoms with Crippen molar-refractivity contribution in [3.8, 4) is 0 Å². The lowest BCUT2D eigenvalue weighted by atomic mass is 10.2. The Morgan fingerprint density at radius 3 is 0.947 bits per heavy atom. The number of rotatable bonds is 10. The molecule has 0 aliphatic carbocycles. The number of aliphatic hydroxyl groups is 4. The van der Waals surface area contributed by atoms with Gasteiger partial charge in [0.15, 0.2) is 0 Å². The molecule has 0 amide bonds. The lowest BCUT2D eigenvalue weighted by Gasteiger charge is -2.39. The second-order valence-electron chi connectivity index (χ2n) is 4.73. The molecular weight excluding hydrogens is 248 g/mol. The zero-order chi connectivity index (χ0) is 15.0. The molecule has 0 bridgehead atoms. The Morgan fingerprint density at radius 2 is 0.789 bits per heavy atom. The van der Waals surface area contributed by atoms with Gasteiger partial charge >= 0.3 is 0 Å². The fourth-order valence-corrected chi connectivity index (χ4v) is 1.90. The highest BCUT2D eigenvalue weighted by Gasteiger charge is 2.28. The van der Waals surface area contributed by atoms with Gasteiger partial charge in [0.25, 0.3) is 0 Å². The predicted octanol–water partition coefficient (Wildman–Crippen LogP) is 0.461. The zero-order valence-corrected chi connectivity index (χ0v) is 12.5. The second-order valence-corrected chi connectivity index (χ2v) is 4.73. The topological polar surface area (TPSA) is 87.4 Å². The van der Waals surface area contributed by atoms with E-state index >= 15 is 0 Å². The van der Waals surface area contributed by atoms with Crippen molar-refractivity contribution in [1.82, 2.24) is 9.80 Å². The Bertz CT molecular complexity index is 189. The zero-order valence-electron chi connectivity index (χ0n) is 12.5. The highest BCUT2D eigenvalue weighted by atomic mass is 16.3. The molecule has 4 atom stereocenters. The molecule has 19 heavy (non-hydrogen) atoms. The average molecular weight is 278 g/mol. The molecule has 0 radical (unpaired) electrons. The molecule has 4 N–H and O–H groups in total. The highest BCUT2D eigenvalue weighted by molar-refractivity contribution is 4.69. The van der Waals surface area contributed by atoms with E-state index < -0.39 is 24.9 Å². The molecule has 4 unspecified atom stereocenters. The quantitative estimate of drug-likeness (QED) is 0.434. The molecule has 0 aromatic heterocycles. The largest absolute Gasteiger partial charge is 0.378 e. The molecule has 6 nitrogen and oxygen atoms in total. The van der Waals surface area contributed by atoms with Gasteiger partial charge in [-0.25, -0.2) is 9.80 Å². The molecule has 0 aliphatic rings. The maximum absolute atomic E-state index is 9.95. The molecular formula is C13H30N2O4. The van der Waals surface area contributed by atoms with Crippen LogP contribution in [0.1, 0.15) is 53.4 Å². The first-order chi connectivity index (χ1) is 8.92. The summed E-state index contributed by atoms with van der Waals surface area (Å²) in [5, 5.41) is 39.8. The summed E-state index contributed by atoms with van der Waals surface area (Å²) in [5.41, 5.74) is 0. The van der Waals surface area contributed by atoms with Gasteiger partial charge in [0.05, 0.1) is 6.67 Å². The Hall–Kier alpha value is -0.240. The molecule has 6 heteroatoms. The molecule has 0 saturated heterocycles. The van der Waals surface area contributed by atoms with Gasteiger partial charge < -0.3 is 20.4 Å². The summed E-state index contributed by atoms with van der Waals surface area (Å²) in [6.45, 7) is 7.38. The van der Waals surface area contributed by atoms with Crippen molar-refractivity contribution in [3.63, 3.8) is 0 Å². The molecule has 116 valence electrons. The minimum absolute atomic E-state index is 0.119. The summed E-state index contributed by atoms with van der Waals surface area (Å²) in [7, 11) is 0. The van der Waals surface area contributed by atoms with Crippen molar-refractivity contribution in [2.75, 3.05) is 6.67 Å². The lowest BCUT2D eigenvalue weighted by molar-refractivity contribution is -0.182. The third-order valence-electron chi connectivity index (χ3n) is 3.32. The van der Waals surface area contributed by atoms with Crippen molar-refractivity contribution < 1.29 is 20.4 Å². The third-order valence-corrected chi connectivity index (χ3v) is 3.32. The number of aliphatic hydroxyl groups excluding tert-OH is 4. The van der Waals surface area contributed by atoms with E-state index in [2.05, 4.69) is 0 Å². The lowest BCUT2D eigenvalue weighted by Crippen LogP contribution is -2.54. The van der Waals surface area contributed by atoms with Gasteiger partial charge in [0, 0.05) is 0 Å². The number of hydrogen-bond acceptors (Lipinski definition) is 6. The first kappa shape index (κ1) is 18.8. The van der Waals surface area contributed by atoms with Crippen LogP contribution in [0.25, 0.3) is 0 Å². The van der Waals surface area contributed by atoms with Crippen LogP contribution in [0.2, 0.25) is 0 Å². The fourth-order valence-electron chi connectivity index (χ4n) is 1.90.